The average Bonchev–Trinajstić information content (AvgIpc) is 2.73. The molecule has 3 aromatic rings. The van der Waals surface area contributed by atoms with Crippen LogP contribution in [0.2, 0.25) is 5.02 Å². The van der Waals surface area contributed by atoms with Gasteiger partial charge in [-0.1, -0.05) is 17.7 Å². The predicted octanol–water partition coefficient (Wildman–Crippen LogP) is 3.90. The minimum Gasteiger partial charge on any atom is -0.478 e. The molecule has 0 saturated heterocycles. The van der Waals surface area contributed by atoms with Gasteiger partial charge in [0.05, 0.1) is 21.8 Å². The van der Waals surface area contributed by atoms with Gasteiger partial charge < -0.3 is 9.67 Å². The van der Waals surface area contributed by atoms with E-state index in [0.29, 0.717) is 5.02 Å². The van der Waals surface area contributed by atoms with E-state index < -0.39 is 5.97 Å². The Morgan fingerprint density at radius 2 is 2.05 bits per heavy atom. The van der Waals surface area contributed by atoms with Crippen LogP contribution in [0.25, 0.3) is 22.2 Å². The molecule has 0 saturated carbocycles. The van der Waals surface area contributed by atoms with Gasteiger partial charge in [0.15, 0.2) is 0 Å². The van der Waals surface area contributed by atoms with Crippen LogP contribution in [0.5, 0.6) is 0 Å². The van der Waals surface area contributed by atoms with Crippen molar-refractivity contribution < 1.29 is 9.90 Å². The molecule has 0 atom stereocenters. The van der Waals surface area contributed by atoms with Gasteiger partial charge >= 0.3 is 5.97 Å². The van der Waals surface area contributed by atoms with E-state index in [1.165, 1.54) is 6.20 Å². The number of benzene rings is 1. The molecule has 0 radical (unpaired) electrons. The molecule has 0 bridgehead atoms. The number of carboxylic acid groups (broad SMARTS) is 1. The molecule has 3 rings (SSSR count). The molecular weight excluding hydrogens is 288 g/mol. The molecule has 5 heteroatoms. The van der Waals surface area contributed by atoms with Crippen molar-refractivity contribution in [2.24, 2.45) is 7.05 Å². The monoisotopic (exact) mass is 300 g/mol. The van der Waals surface area contributed by atoms with Crippen LogP contribution >= 0.6 is 11.6 Å². The van der Waals surface area contributed by atoms with Gasteiger partial charge in [-0.05, 0) is 31.2 Å². The molecule has 0 amide bonds. The molecule has 21 heavy (non-hydrogen) atoms. The molecule has 106 valence electrons. The molecule has 0 aliphatic rings. The number of aromatic nitrogens is 2. The molecule has 2 aromatic heterocycles. The second-order valence-corrected chi connectivity index (χ2v) is 5.30. The number of halogens is 1. The maximum atomic E-state index is 10.9. The smallest absolute Gasteiger partial charge is 0.337 e. The first-order chi connectivity index (χ1) is 10.0. The summed E-state index contributed by atoms with van der Waals surface area (Å²) in [5, 5.41) is 10.6. The van der Waals surface area contributed by atoms with Crippen molar-refractivity contribution in [1.29, 1.82) is 0 Å². The van der Waals surface area contributed by atoms with Gasteiger partial charge in [-0.15, -0.1) is 0 Å². The van der Waals surface area contributed by atoms with Gasteiger partial charge in [0.2, 0.25) is 0 Å². The number of carbonyl (C=O) groups is 1. The van der Waals surface area contributed by atoms with Crippen LogP contribution in [0.4, 0.5) is 0 Å². The van der Waals surface area contributed by atoms with Crippen LogP contribution in [0, 0.1) is 6.92 Å². The van der Waals surface area contributed by atoms with E-state index in [9.17, 15) is 4.79 Å². The zero-order chi connectivity index (χ0) is 15.1. The third-order valence-electron chi connectivity index (χ3n) is 3.73. The summed E-state index contributed by atoms with van der Waals surface area (Å²) in [5.74, 6) is -0.985. The first-order valence-electron chi connectivity index (χ1n) is 6.44. The number of fused-ring (bicyclic) bond motifs is 1. The highest BCUT2D eigenvalue weighted by Crippen LogP contribution is 2.37. The maximum absolute atomic E-state index is 10.9. The first-order valence-corrected chi connectivity index (χ1v) is 6.81. The van der Waals surface area contributed by atoms with E-state index in [2.05, 4.69) is 9.55 Å². The van der Waals surface area contributed by atoms with Crippen LogP contribution < -0.4 is 0 Å². The molecule has 0 aliphatic heterocycles. The Balaban J connectivity index is 2.29. The van der Waals surface area contributed by atoms with Crippen molar-refractivity contribution in [3.63, 3.8) is 0 Å². The highest BCUT2D eigenvalue weighted by atomic mass is 35.5. The van der Waals surface area contributed by atoms with Crippen molar-refractivity contribution in [3.05, 3.63) is 52.8 Å². The van der Waals surface area contributed by atoms with Crippen LogP contribution in [0.15, 0.2) is 36.5 Å². The molecule has 1 aromatic carbocycles. The Morgan fingerprint density at radius 3 is 2.67 bits per heavy atom. The molecule has 4 nitrogen and oxygen atoms in total. The highest BCUT2D eigenvalue weighted by Gasteiger charge is 2.17. The minimum absolute atomic E-state index is 0.169. The summed E-state index contributed by atoms with van der Waals surface area (Å²) in [6, 6.07) is 9.03. The SMILES string of the molecule is Cc1c(-c2ccc(C(=O)O)cn2)c2c(Cl)cccc2n1C. The molecule has 1 N–H and O–H groups in total. The fourth-order valence-electron chi connectivity index (χ4n) is 2.55. The molecule has 0 spiro atoms. The van der Waals surface area contributed by atoms with E-state index >= 15 is 0 Å². The first kappa shape index (κ1) is 13.6. The predicted molar refractivity (Wildman–Crippen MR) is 82.9 cm³/mol. The largest absolute Gasteiger partial charge is 0.478 e. The third kappa shape index (κ3) is 2.08. The number of hydrogen-bond donors (Lipinski definition) is 1. The van der Waals surface area contributed by atoms with Crippen molar-refractivity contribution in [2.45, 2.75) is 6.92 Å². The van der Waals surface area contributed by atoms with Gasteiger partial charge in [0.25, 0.3) is 0 Å². The van der Waals surface area contributed by atoms with Crippen LogP contribution in [0.3, 0.4) is 0 Å². The number of pyridine rings is 1. The highest BCUT2D eigenvalue weighted by molar-refractivity contribution is 6.36. The Hall–Kier alpha value is -2.33. The summed E-state index contributed by atoms with van der Waals surface area (Å²) in [6.07, 6.45) is 1.37. The number of hydrogen-bond acceptors (Lipinski definition) is 2. The number of aromatic carboxylic acids is 1. The fraction of sp³-hybridized carbons (Fsp3) is 0.125. The standard InChI is InChI=1S/C16H13ClN2O2/c1-9-14(12-7-6-10(8-18-12)16(20)21)15-11(17)4-3-5-13(15)19(9)2/h3-8H,1-2H3,(H,20,21). The fourth-order valence-corrected chi connectivity index (χ4v) is 2.81. The lowest BCUT2D eigenvalue weighted by atomic mass is 10.1. The average molecular weight is 301 g/mol. The number of rotatable bonds is 2. The van der Waals surface area contributed by atoms with Crippen molar-refractivity contribution >= 4 is 28.5 Å². The van der Waals surface area contributed by atoms with Gasteiger partial charge in [-0.25, -0.2) is 4.79 Å². The lowest BCUT2D eigenvalue weighted by molar-refractivity contribution is 0.0696. The second kappa shape index (κ2) is 4.90. The van der Waals surface area contributed by atoms with Crippen LogP contribution in [-0.2, 0) is 7.05 Å². The summed E-state index contributed by atoms with van der Waals surface area (Å²) < 4.78 is 2.06. The maximum Gasteiger partial charge on any atom is 0.337 e. The normalized spacial score (nSPS) is 11.0. The van der Waals surface area contributed by atoms with Gasteiger partial charge in [0.1, 0.15) is 0 Å². The van der Waals surface area contributed by atoms with Crippen LogP contribution in [-0.4, -0.2) is 20.6 Å². The summed E-state index contributed by atoms with van der Waals surface area (Å²) in [7, 11) is 1.98. The van der Waals surface area contributed by atoms with E-state index in [1.54, 1.807) is 12.1 Å². The molecule has 0 fully saturated rings. The van der Waals surface area contributed by atoms with E-state index in [-0.39, 0.29) is 5.56 Å². The zero-order valence-corrected chi connectivity index (χ0v) is 12.3. The quantitative estimate of drug-likeness (QED) is 0.781. The van der Waals surface area contributed by atoms with E-state index in [1.807, 2.05) is 32.2 Å². The molecule has 0 aliphatic carbocycles. The Labute approximate surface area is 126 Å². The topological polar surface area (TPSA) is 55.1 Å². The Bertz CT molecular complexity index is 851. The molecular formula is C16H13ClN2O2. The minimum atomic E-state index is -0.985. The van der Waals surface area contributed by atoms with Gasteiger partial charge in [0, 0.05) is 29.9 Å². The summed E-state index contributed by atoms with van der Waals surface area (Å²) in [6.45, 7) is 2.00. The number of carboxylic acids is 1. The van der Waals surface area contributed by atoms with Crippen molar-refractivity contribution in [2.75, 3.05) is 0 Å². The summed E-state index contributed by atoms with van der Waals surface area (Å²) in [4.78, 5) is 15.2. The summed E-state index contributed by atoms with van der Waals surface area (Å²) in [5.41, 5.74) is 3.89. The third-order valence-corrected chi connectivity index (χ3v) is 4.05. The second-order valence-electron chi connectivity index (χ2n) is 4.89. The van der Waals surface area contributed by atoms with Crippen molar-refractivity contribution in [3.8, 4) is 11.3 Å². The lowest BCUT2D eigenvalue weighted by Gasteiger charge is -2.03. The Kier molecular flexibility index (Phi) is 3.18. The molecule has 0 unspecified atom stereocenters. The van der Waals surface area contributed by atoms with Crippen molar-refractivity contribution in [1.82, 2.24) is 9.55 Å². The van der Waals surface area contributed by atoms with Crippen LogP contribution in [0.1, 0.15) is 16.1 Å². The molecule has 2 heterocycles. The van der Waals surface area contributed by atoms with E-state index in [0.717, 1.165) is 27.9 Å². The summed E-state index contributed by atoms with van der Waals surface area (Å²) >= 11 is 6.34. The number of aryl methyl sites for hydroxylation is 1. The lowest BCUT2D eigenvalue weighted by Crippen LogP contribution is -1.97. The Morgan fingerprint density at radius 1 is 1.29 bits per heavy atom. The van der Waals surface area contributed by atoms with E-state index in [4.69, 9.17) is 16.7 Å². The number of nitrogens with zero attached hydrogens (tertiary/aromatic N) is 2. The zero-order valence-electron chi connectivity index (χ0n) is 11.6. The van der Waals surface area contributed by atoms with Gasteiger partial charge in [-0.3, -0.25) is 4.98 Å². The van der Waals surface area contributed by atoms with Gasteiger partial charge in [-0.2, -0.15) is 0 Å².